The van der Waals surface area contributed by atoms with Crippen LogP contribution in [0.4, 0.5) is 8.78 Å². The van der Waals surface area contributed by atoms with E-state index in [-0.39, 0.29) is 11.7 Å². The number of hydrogen-bond acceptors (Lipinski definition) is 1. The average Bonchev–Trinajstić information content (AvgIpc) is 2.77. The van der Waals surface area contributed by atoms with E-state index < -0.39 is 11.6 Å². The van der Waals surface area contributed by atoms with Crippen LogP contribution in [0.5, 0.6) is 5.75 Å². The van der Waals surface area contributed by atoms with Crippen molar-refractivity contribution in [3.8, 4) is 5.75 Å². The first kappa shape index (κ1) is 23.0. The van der Waals surface area contributed by atoms with Crippen molar-refractivity contribution in [1.29, 1.82) is 0 Å². The molecule has 3 heteroatoms. The number of halogens is 2. The minimum atomic E-state index is -0.823. The highest BCUT2D eigenvalue weighted by molar-refractivity contribution is 5.33. The lowest BCUT2D eigenvalue weighted by atomic mass is 9.77. The Labute approximate surface area is 181 Å². The molecule has 2 atom stereocenters. The molecule has 2 unspecified atom stereocenters. The summed E-state index contributed by atoms with van der Waals surface area (Å²) in [4.78, 5) is 0. The Morgan fingerprint density at radius 1 is 0.900 bits per heavy atom. The van der Waals surface area contributed by atoms with Gasteiger partial charge in [0.15, 0.2) is 11.6 Å². The van der Waals surface area contributed by atoms with E-state index >= 15 is 0 Å². The van der Waals surface area contributed by atoms with Crippen molar-refractivity contribution in [2.45, 2.75) is 84.0 Å². The summed E-state index contributed by atoms with van der Waals surface area (Å²) >= 11 is 0. The summed E-state index contributed by atoms with van der Waals surface area (Å²) in [5, 5.41) is 0. The van der Waals surface area contributed by atoms with Gasteiger partial charge in [0.2, 0.25) is 5.82 Å². The van der Waals surface area contributed by atoms with Crippen molar-refractivity contribution in [3.63, 3.8) is 0 Å². The zero-order valence-corrected chi connectivity index (χ0v) is 18.7. The Kier molecular flexibility index (Phi) is 8.96. The van der Waals surface area contributed by atoms with Gasteiger partial charge < -0.3 is 4.74 Å². The van der Waals surface area contributed by atoms with E-state index in [0.29, 0.717) is 24.0 Å². The largest absolute Gasteiger partial charge is 0.490 e. The molecule has 0 saturated heterocycles. The summed E-state index contributed by atoms with van der Waals surface area (Å²) in [6, 6.07) is 3.34. The van der Waals surface area contributed by atoms with Gasteiger partial charge in [-0.1, -0.05) is 57.1 Å². The van der Waals surface area contributed by atoms with Crippen LogP contribution in [0.25, 0.3) is 0 Å². The number of benzene rings is 1. The van der Waals surface area contributed by atoms with Gasteiger partial charge in [0.25, 0.3) is 0 Å². The monoisotopic (exact) mass is 416 g/mol. The molecule has 166 valence electrons. The molecular formula is C27H38F2O. The first-order chi connectivity index (χ1) is 14.6. The first-order valence-electron chi connectivity index (χ1n) is 12.1. The number of allylic oxidation sites excluding steroid dienone is 4. The van der Waals surface area contributed by atoms with Crippen LogP contribution in [0, 0.1) is 29.4 Å². The Hall–Kier alpha value is -1.64. The molecule has 0 aromatic heterocycles. The third-order valence-electron chi connectivity index (χ3n) is 6.84. The van der Waals surface area contributed by atoms with E-state index in [1.807, 2.05) is 6.92 Å². The molecule has 1 fully saturated rings. The Morgan fingerprint density at radius 3 is 2.37 bits per heavy atom. The van der Waals surface area contributed by atoms with Gasteiger partial charge in [-0.2, -0.15) is 4.39 Å². The van der Waals surface area contributed by atoms with Crippen molar-refractivity contribution in [3.05, 3.63) is 53.6 Å². The second-order valence-electron chi connectivity index (χ2n) is 9.15. The zero-order valence-electron chi connectivity index (χ0n) is 18.7. The SMILES string of the molecule is CCCCOc1ccc(C2CCC(C=CC3C=CC(CCC)CC3)CC2)c(F)c1F. The molecule has 0 heterocycles. The molecule has 0 radical (unpaired) electrons. The zero-order chi connectivity index (χ0) is 21.3. The lowest BCUT2D eigenvalue weighted by molar-refractivity contribution is 0.286. The summed E-state index contributed by atoms with van der Waals surface area (Å²) < 4.78 is 34.5. The second kappa shape index (κ2) is 11.7. The average molecular weight is 417 g/mol. The normalized spacial score (nSPS) is 26.9. The van der Waals surface area contributed by atoms with Gasteiger partial charge in [-0.25, -0.2) is 4.39 Å². The third-order valence-corrected chi connectivity index (χ3v) is 6.84. The number of hydrogen-bond donors (Lipinski definition) is 0. The molecule has 30 heavy (non-hydrogen) atoms. The number of ether oxygens (including phenoxy) is 1. The topological polar surface area (TPSA) is 9.23 Å². The lowest BCUT2D eigenvalue weighted by Crippen LogP contribution is -2.14. The first-order valence-corrected chi connectivity index (χ1v) is 12.1. The molecule has 0 aliphatic heterocycles. The maximum absolute atomic E-state index is 14.7. The molecule has 0 amide bonds. The van der Waals surface area contributed by atoms with Gasteiger partial charge in [-0.15, -0.1) is 0 Å². The molecule has 3 rings (SSSR count). The minimum absolute atomic E-state index is 0.0445. The summed E-state index contributed by atoms with van der Waals surface area (Å²) in [6.07, 6.45) is 20.4. The third kappa shape index (κ3) is 6.18. The van der Waals surface area contributed by atoms with E-state index in [9.17, 15) is 8.78 Å². The van der Waals surface area contributed by atoms with Crippen molar-refractivity contribution in [2.75, 3.05) is 6.61 Å². The fourth-order valence-electron chi connectivity index (χ4n) is 4.89. The minimum Gasteiger partial charge on any atom is -0.490 e. The van der Waals surface area contributed by atoms with Crippen LogP contribution in [0.1, 0.15) is 89.5 Å². The van der Waals surface area contributed by atoms with Crippen LogP contribution >= 0.6 is 0 Å². The number of unbranched alkanes of at least 4 members (excludes halogenated alkanes) is 1. The van der Waals surface area contributed by atoms with Gasteiger partial charge in [-0.05, 0) is 86.7 Å². The fraction of sp³-hybridized carbons (Fsp3) is 0.630. The molecule has 0 N–H and O–H groups in total. The quantitative estimate of drug-likeness (QED) is 0.290. The highest BCUT2D eigenvalue weighted by Crippen LogP contribution is 2.39. The van der Waals surface area contributed by atoms with Gasteiger partial charge in [-0.3, -0.25) is 0 Å². The summed E-state index contributed by atoms with van der Waals surface area (Å²) in [5.41, 5.74) is 0.523. The smallest absolute Gasteiger partial charge is 0.200 e. The summed E-state index contributed by atoms with van der Waals surface area (Å²) in [6.45, 7) is 4.73. The Morgan fingerprint density at radius 2 is 1.70 bits per heavy atom. The maximum Gasteiger partial charge on any atom is 0.200 e. The number of rotatable bonds is 9. The molecule has 2 aliphatic rings. The standard InChI is InChI=1S/C27H38F2O/c1-3-5-19-30-25-18-17-24(26(28)27(25)29)23-15-13-22(14-16-23)12-11-21-9-7-20(6-4-2)8-10-21/h7,9,11-12,17-18,20-23H,3-6,8,10,13-16,19H2,1-2H3. The fourth-order valence-corrected chi connectivity index (χ4v) is 4.89. The highest BCUT2D eigenvalue weighted by atomic mass is 19.2. The predicted molar refractivity (Wildman–Crippen MR) is 121 cm³/mol. The van der Waals surface area contributed by atoms with Crippen LogP contribution in [0.15, 0.2) is 36.4 Å². The van der Waals surface area contributed by atoms with Crippen LogP contribution in [0.2, 0.25) is 0 Å². The van der Waals surface area contributed by atoms with Gasteiger partial charge in [0.1, 0.15) is 0 Å². The Balaban J connectivity index is 1.51. The Bertz CT molecular complexity index is 716. The lowest BCUT2D eigenvalue weighted by Gasteiger charge is -2.28. The van der Waals surface area contributed by atoms with E-state index in [1.54, 1.807) is 12.1 Å². The van der Waals surface area contributed by atoms with Crippen molar-refractivity contribution in [2.24, 2.45) is 17.8 Å². The van der Waals surface area contributed by atoms with E-state index in [0.717, 1.165) is 44.4 Å². The highest BCUT2D eigenvalue weighted by Gasteiger charge is 2.26. The molecule has 2 aliphatic carbocycles. The molecule has 1 saturated carbocycles. The second-order valence-corrected chi connectivity index (χ2v) is 9.15. The van der Waals surface area contributed by atoms with Crippen molar-refractivity contribution in [1.82, 2.24) is 0 Å². The molecule has 0 bridgehead atoms. The molecule has 1 nitrogen and oxygen atoms in total. The van der Waals surface area contributed by atoms with Crippen LogP contribution in [-0.4, -0.2) is 6.61 Å². The van der Waals surface area contributed by atoms with Gasteiger partial charge >= 0.3 is 0 Å². The van der Waals surface area contributed by atoms with Gasteiger partial charge in [0, 0.05) is 0 Å². The van der Waals surface area contributed by atoms with E-state index in [4.69, 9.17) is 4.74 Å². The van der Waals surface area contributed by atoms with Crippen LogP contribution in [-0.2, 0) is 0 Å². The van der Waals surface area contributed by atoms with Crippen LogP contribution in [0.3, 0.4) is 0 Å². The predicted octanol–water partition coefficient (Wildman–Crippen LogP) is 8.36. The van der Waals surface area contributed by atoms with Crippen molar-refractivity contribution >= 4 is 0 Å². The van der Waals surface area contributed by atoms with Crippen LogP contribution < -0.4 is 4.74 Å². The molecule has 1 aromatic rings. The maximum atomic E-state index is 14.7. The summed E-state index contributed by atoms with van der Waals surface area (Å²) in [5.74, 6) is 0.526. The molecule has 0 spiro atoms. The van der Waals surface area contributed by atoms with E-state index in [2.05, 4.69) is 31.2 Å². The summed E-state index contributed by atoms with van der Waals surface area (Å²) in [7, 11) is 0. The van der Waals surface area contributed by atoms with Crippen molar-refractivity contribution < 1.29 is 13.5 Å². The molecule has 1 aromatic carbocycles. The molecular weight excluding hydrogens is 378 g/mol. The van der Waals surface area contributed by atoms with E-state index in [1.165, 1.54) is 25.7 Å². The van der Waals surface area contributed by atoms with Gasteiger partial charge in [0.05, 0.1) is 6.61 Å².